The topological polar surface area (TPSA) is 117 Å². The van der Waals surface area contributed by atoms with Gasteiger partial charge >= 0.3 is 0 Å². The summed E-state index contributed by atoms with van der Waals surface area (Å²) in [6.07, 6.45) is -4.81. The van der Waals surface area contributed by atoms with E-state index in [1.54, 1.807) is 19.2 Å². The summed E-state index contributed by atoms with van der Waals surface area (Å²) in [7, 11) is 1.60. The SMILES string of the molecule is COc1ccc2cc(O[C@@H]3O[C@H](CO)[C@@H](O)[C@H](O)[C@H]3NC(C)=O)ccc2c1. The number of methoxy groups -OCH3 is 1. The molecule has 3 rings (SSSR count). The molecule has 0 saturated carbocycles. The lowest BCUT2D eigenvalue weighted by Crippen LogP contribution is -2.65. The van der Waals surface area contributed by atoms with Crippen molar-refractivity contribution in [2.45, 2.75) is 37.6 Å². The molecular weight excluding hydrogens is 354 g/mol. The van der Waals surface area contributed by atoms with Crippen molar-refractivity contribution >= 4 is 16.7 Å². The van der Waals surface area contributed by atoms with Gasteiger partial charge in [-0.3, -0.25) is 4.79 Å². The Kier molecular flexibility index (Phi) is 5.81. The number of fused-ring (bicyclic) bond motifs is 1. The molecular formula is C19H23NO7. The number of benzene rings is 2. The van der Waals surface area contributed by atoms with Crippen LogP contribution >= 0.6 is 0 Å². The molecule has 1 saturated heterocycles. The van der Waals surface area contributed by atoms with E-state index in [-0.39, 0.29) is 0 Å². The maximum Gasteiger partial charge on any atom is 0.223 e. The highest BCUT2D eigenvalue weighted by atomic mass is 16.7. The van der Waals surface area contributed by atoms with Gasteiger partial charge in [-0.05, 0) is 35.0 Å². The Morgan fingerprint density at radius 3 is 2.33 bits per heavy atom. The van der Waals surface area contributed by atoms with Gasteiger partial charge in [0.2, 0.25) is 12.2 Å². The van der Waals surface area contributed by atoms with Gasteiger partial charge in [-0.15, -0.1) is 0 Å². The summed E-state index contributed by atoms with van der Waals surface area (Å²) < 4.78 is 16.6. The van der Waals surface area contributed by atoms with Crippen molar-refractivity contribution < 1.29 is 34.3 Å². The fraction of sp³-hybridized carbons (Fsp3) is 0.421. The molecule has 27 heavy (non-hydrogen) atoms. The van der Waals surface area contributed by atoms with Crippen LogP contribution in [-0.2, 0) is 9.53 Å². The number of amides is 1. The Morgan fingerprint density at radius 1 is 1.11 bits per heavy atom. The molecule has 0 aromatic heterocycles. The minimum Gasteiger partial charge on any atom is -0.497 e. The van der Waals surface area contributed by atoms with Gasteiger partial charge in [-0.2, -0.15) is 0 Å². The van der Waals surface area contributed by atoms with Crippen LogP contribution < -0.4 is 14.8 Å². The number of aliphatic hydroxyl groups is 3. The number of hydrogen-bond acceptors (Lipinski definition) is 7. The molecule has 1 aliphatic rings. The Hall–Kier alpha value is -2.39. The molecule has 1 fully saturated rings. The number of carbonyl (C=O) groups is 1. The van der Waals surface area contributed by atoms with Gasteiger partial charge in [0, 0.05) is 6.92 Å². The molecule has 1 amide bonds. The molecule has 0 spiro atoms. The molecule has 1 heterocycles. The molecule has 0 aliphatic carbocycles. The van der Waals surface area contributed by atoms with Crippen LogP contribution in [0.2, 0.25) is 0 Å². The van der Waals surface area contributed by atoms with Crippen molar-refractivity contribution in [3.8, 4) is 11.5 Å². The number of rotatable bonds is 5. The van der Waals surface area contributed by atoms with Gasteiger partial charge in [-0.1, -0.05) is 12.1 Å². The van der Waals surface area contributed by atoms with Crippen LogP contribution in [0.25, 0.3) is 10.8 Å². The van der Waals surface area contributed by atoms with Crippen molar-refractivity contribution in [1.29, 1.82) is 0 Å². The monoisotopic (exact) mass is 377 g/mol. The summed E-state index contributed by atoms with van der Waals surface area (Å²) in [6.45, 7) is 0.792. The maximum absolute atomic E-state index is 11.5. The zero-order chi connectivity index (χ0) is 19.6. The lowest BCUT2D eigenvalue weighted by Gasteiger charge is -2.42. The molecule has 4 N–H and O–H groups in total. The Morgan fingerprint density at radius 2 is 1.74 bits per heavy atom. The molecule has 2 aromatic carbocycles. The zero-order valence-corrected chi connectivity index (χ0v) is 15.0. The summed E-state index contributed by atoms with van der Waals surface area (Å²) in [6, 6.07) is 9.95. The normalized spacial score (nSPS) is 28.0. The van der Waals surface area contributed by atoms with Gasteiger partial charge in [0.15, 0.2) is 0 Å². The van der Waals surface area contributed by atoms with Gasteiger partial charge < -0.3 is 34.8 Å². The van der Waals surface area contributed by atoms with Crippen LogP contribution in [0.5, 0.6) is 11.5 Å². The molecule has 0 radical (unpaired) electrons. The van der Waals surface area contributed by atoms with Crippen LogP contribution in [0, 0.1) is 0 Å². The molecule has 2 aromatic rings. The Bertz CT molecular complexity index is 812. The second-order valence-corrected chi connectivity index (χ2v) is 6.43. The number of aliphatic hydroxyl groups excluding tert-OH is 3. The first-order chi connectivity index (χ1) is 12.9. The number of ether oxygens (including phenoxy) is 3. The summed E-state index contributed by atoms with van der Waals surface area (Å²) in [4.78, 5) is 11.5. The standard InChI is InChI=1S/C19H23NO7/c1-10(22)20-16-18(24)17(23)15(9-21)27-19(16)26-14-6-4-11-7-13(25-2)5-3-12(11)8-14/h3-8,15-19,21,23-24H,9H2,1-2H3,(H,20,22)/t15-,16-,17-,18-,19-/m1/s1. The molecule has 8 heteroatoms. The van der Waals surface area contributed by atoms with E-state index in [1.165, 1.54) is 6.92 Å². The Balaban J connectivity index is 1.85. The van der Waals surface area contributed by atoms with Crippen LogP contribution in [0.15, 0.2) is 36.4 Å². The van der Waals surface area contributed by atoms with Gasteiger partial charge in [-0.25, -0.2) is 0 Å². The average molecular weight is 377 g/mol. The largest absolute Gasteiger partial charge is 0.497 e. The van der Waals surface area contributed by atoms with E-state index >= 15 is 0 Å². The number of nitrogens with one attached hydrogen (secondary N) is 1. The minimum absolute atomic E-state index is 0.406. The quantitative estimate of drug-likeness (QED) is 0.587. The van der Waals surface area contributed by atoms with Crippen molar-refractivity contribution in [3.63, 3.8) is 0 Å². The fourth-order valence-electron chi connectivity index (χ4n) is 3.11. The predicted octanol–water partition coefficient (Wildman–Crippen LogP) is 0.171. The molecule has 1 aliphatic heterocycles. The Labute approximate surface area is 156 Å². The third-order valence-corrected chi connectivity index (χ3v) is 4.52. The summed E-state index contributed by atoms with van der Waals surface area (Å²) in [5, 5.41) is 34.1. The van der Waals surface area contributed by atoms with E-state index in [0.29, 0.717) is 5.75 Å². The highest BCUT2D eigenvalue weighted by Gasteiger charge is 2.46. The van der Waals surface area contributed by atoms with E-state index in [2.05, 4.69) is 5.32 Å². The summed E-state index contributed by atoms with van der Waals surface area (Å²) in [5.41, 5.74) is 0. The first-order valence-electron chi connectivity index (χ1n) is 8.57. The molecule has 5 atom stereocenters. The lowest BCUT2D eigenvalue weighted by molar-refractivity contribution is -0.244. The van der Waals surface area contributed by atoms with Crippen molar-refractivity contribution in [3.05, 3.63) is 36.4 Å². The third kappa shape index (κ3) is 4.14. The van der Waals surface area contributed by atoms with E-state index in [4.69, 9.17) is 14.2 Å². The highest BCUT2D eigenvalue weighted by molar-refractivity contribution is 5.85. The lowest BCUT2D eigenvalue weighted by atomic mass is 9.97. The number of carbonyl (C=O) groups excluding carboxylic acids is 1. The van der Waals surface area contributed by atoms with E-state index in [1.807, 2.05) is 24.3 Å². The molecule has 0 bridgehead atoms. The first-order valence-corrected chi connectivity index (χ1v) is 8.57. The van der Waals surface area contributed by atoms with Crippen LogP contribution in [-0.4, -0.2) is 65.6 Å². The fourth-order valence-corrected chi connectivity index (χ4v) is 3.11. The molecule has 0 unspecified atom stereocenters. The second-order valence-electron chi connectivity index (χ2n) is 6.43. The van der Waals surface area contributed by atoms with Gasteiger partial charge in [0.05, 0.1) is 13.7 Å². The molecule has 8 nitrogen and oxygen atoms in total. The predicted molar refractivity (Wildman–Crippen MR) is 96.5 cm³/mol. The van der Waals surface area contributed by atoms with Crippen molar-refractivity contribution in [2.75, 3.05) is 13.7 Å². The van der Waals surface area contributed by atoms with Crippen LogP contribution in [0.1, 0.15) is 6.92 Å². The second kappa shape index (κ2) is 8.10. The highest BCUT2D eigenvalue weighted by Crippen LogP contribution is 2.28. The van der Waals surface area contributed by atoms with Crippen molar-refractivity contribution in [2.24, 2.45) is 0 Å². The van der Waals surface area contributed by atoms with E-state index in [0.717, 1.165) is 16.5 Å². The zero-order valence-electron chi connectivity index (χ0n) is 15.0. The third-order valence-electron chi connectivity index (χ3n) is 4.52. The average Bonchev–Trinajstić information content (AvgIpc) is 2.66. The number of hydrogen-bond donors (Lipinski definition) is 4. The van der Waals surface area contributed by atoms with Crippen LogP contribution in [0.3, 0.4) is 0 Å². The van der Waals surface area contributed by atoms with Crippen molar-refractivity contribution in [1.82, 2.24) is 5.32 Å². The first kappa shape index (κ1) is 19.4. The van der Waals surface area contributed by atoms with Gasteiger partial charge in [0.1, 0.15) is 35.9 Å². The van der Waals surface area contributed by atoms with Gasteiger partial charge in [0.25, 0.3) is 0 Å². The minimum atomic E-state index is -1.35. The molecule has 146 valence electrons. The summed E-state index contributed by atoms with van der Waals surface area (Å²) >= 11 is 0. The van der Waals surface area contributed by atoms with E-state index < -0.39 is 43.2 Å². The summed E-state index contributed by atoms with van der Waals surface area (Å²) in [5.74, 6) is 0.783. The van der Waals surface area contributed by atoms with E-state index in [9.17, 15) is 20.1 Å². The smallest absolute Gasteiger partial charge is 0.223 e. The van der Waals surface area contributed by atoms with Crippen LogP contribution in [0.4, 0.5) is 0 Å². The maximum atomic E-state index is 11.5.